The Hall–Kier alpha value is -0.720. The van der Waals surface area contributed by atoms with Gasteiger partial charge in [0, 0.05) is 34.9 Å². The van der Waals surface area contributed by atoms with Crippen LogP contribution in [0.1, 0.15) is 89.2 Å². The van der Waals surface area contributed by atoms with Gasteiger partial charge in [-0.25, -0.2) is 0 Å². The van der Waals surface area contributed by atoms with Crippen molar-refractivity contribution in [2.24, 2.45) is 0 Å². The molecule has 2 aromatic rings. The zero-order valence-electron chi connectivity index (χ0n) is 19.7. The second-order valence-corrected chi connectivity index (χ2v) is 9.23. The van der Waals surface area contributed by atoms with Gasteiger partial charge >= 0.3 is 0 Å². The minimum atomic E-state index is -4.27. The minimum Gasteiger partial charge on any atom is -0.307 e. The average Bonchev–Trinajstić information content (AvgIpc) is 2.73. The van der Waals surface area contributed by atoms with E-state index in [2.05, 4.69) is 19.9 Å². The van der Waals surface area contributed by atoms with Gasteiger partial charge in [0.2, 0.25) is 0 Å². The van der Waals surface area contributed by atoms with E-state index >= 15 is 0 Å². The molecule has 4 nitrogen and oxygen atoms in total. The second kappa shape index (κ2) is 16.8. The van der Waals surface area contributed by atoms with Crippen molar-refractivity contribution in [2.75, 3.05) is 0 Å². The van der Waals surface area contributed by atoms with Gasteiger partial charge in [0.25, 0.3) is 10.1 Å². The van der Waals surface area contributed by atoms with Gasteiger partial charge in [0.05, 0.1) is 0 Å². The molecule has 0 fully saturated rings. The molecule has 2 aromatic carbocycles. The van der Waals surface area contributed by atoms with Gasteiger partial charge < -0.3 is 4.79 Å². The number of benzene rings is 2. The van der Waals surface area contributed by atoms with Crippen LogP contribution in [-0.2, 0) is 27.8 Å². The zero-order valence-corrected chi connectivity index (χ0v) is 22.5. The van der Waals surface area contributed by atoms with Gasteiger partial charge in [-0.1, -0.05) is 95.5 Å². The normalized spacial score (nSPS) is 10.9. The van der Waals surface area contributed by atoms with Gasteiger partial charge in [0.15, 0.2) is 0 Å². The van der Waals surface area contributed by atoms with Crippen LogP contribution in [-0.4, -0.2) is 49.3 Å². The number of aryl methyl sites for hydroxylation is 1. The summed E-state index contributed by atoms with van der Waals surface area (Å²) >= 11 is 0. The Bertz CT molecular complexity index is 865. The van der Waals surface area contributed by atoms with Crippen LogP contribution in [0.5, 0.6) is 0 Å². The molecule has 0 aliphatic rings. The Morgan fingerprint density at radius 2 is 1.32 bits per heavy atom. The third kappa shape index (κ3) is 10.2. The van der Waals surface area contributed by atoms with Crippen molar-refractivity contribution in [3.05, 3.63) is 41.5 Å². The Morgan fingerprint density at radius 3 is 1.87 bits per heavy atom. The number of carbonyl (C=O) groups excluding carboxylic acids is 1. The van der Waals surface area contributed by atoms with E-state index in [0.29, 0.717) is 11.8 Å². The molecular weight excluding hydrogens is 419 g/mol. The van der Waals surface area contributed by atoms with Crippen LogP contribution < -0.4 is 0 Å². The van der Waals surface area contributed by atoms with Crippen LogP contribution in [0.2, 0.25) is 0 Å². The summed E-state index contributed by atoms with van der Waals surface area (Å²) in [5, 5.41) is 1.54. The van der Waals surface area contributed by atoms with E-state index in [1.54, 1.807) is 0 Å². The van der Waals surface area contributed by atoms with Crippen LogP contribution in [0.4, 0.5) is 0 Å². The van der Waals surface area contributed by atoms with E-state index in [0.717, 1.165) is 48.6 Å². The number of rotatable bonds is 13. The largest absolute Gasteiger partial charge is 0.307 e. The summed E-state index contributed by atoms with van der Waals surface area (Å²) in [6.45, 7) is 6.40. The first-order valence-corrected chi connectivity index (χ1v) is 12.7. The molecule has 0 spiro atoms. The molecule has 0 aliphatic heterocycles. The zero-order chi connectivity index (χ0) is 22.4. The number of carbonyl (C=O) groups is 1. The summed E-state index contributed by atoms with van der Waals surface area (Å²) in [5.74, 6) is 0. The fraction of sp³-hybridized carbons (Fsp3) is 0.560. The van der Waals surface area contributed by atoms with Crippen LogP contribution in [0, 0.1) is 0 Å². The molecule has 31 heavy (non-hydrogen) atoms. The number of hydrogen-bond donors (Lipinski definition) is 1. The third-order valence-corrected chi connectivity index (χ3v) is 6.52. The molecule has 0 amide bonds. The Morgan fingerprint density at radius 1 is 0.806 bits per heavy atom. The smallest absolute Gasteiger partial charge is 0.295 e. The molecule has 0 saturated heterocycles. The summed E-state index contributed by atoms with van der Waals surface area (Å²) in [6.07, 6.45) is 13.1. The molecule has 169 valence electrons. The standard InChI is InChI=1S/C24H36O3S.CH2O.Na/c1-3-5-7-9-11-15-20-19-21-16-13-14-18-23(21)24(28(25,26)27)22(20)17-12-10-8-6-4-2;1-2;/h13-14,16,18-19H,3-12,15,17H2,1-2H3,(H,25,26,27);1H2;. The third-order valence-electron chi connectivity index (χ3n) is 5.53. The van der Waals surface area contributed by atoms with Crippen LogP contribution in [0.3, 0.4) is 0 Å². The molecule has 1 radical (unpaired) electrons. The fourth-order valence-corrected chi connectivity index (χ4v) is 5.04. The predicted molar refractivity (Wildman–Crippen MR) is 132 cm³/mol. The number of fused-ring (bicyclic) bond motifs is 1. The average molecular weight is 458 g/mol. The maximum atomic E-state index is 12.3. The molecule has 6 heteroatoms. The van der Waals surface area contributed by atoms with E-state index in [-0.39, 0.29) is 34.5 Å². The SMILES string of the molecule is C=O.CCCCCCCc1cc2ccccc2c(S(=O)(=O)O)c1CCCCCCC.[Na]. The monoisotopic (exact) mass is 457 g/mol. The van der Waals surface area contributed by atoms with Crippen molar-refractivity contribution in [1.29, 1.82) is 0 Å². The summed E-state index contributed by atoms with van der Waals surface area (Å²) in [5.41, 5.74) is 1.94. The molecule has 0 aromatic heterocycles. The first-order chi connectivity index (χ1) is 14.5. The van der Waals surface area contributed by atoms with Gasteiger partial charge in [-0.05, 0) is 42.2 Å². The van der Waals surface area contributed by atoms with Gasteiger partial charge in [-0.3, -0.25) is 4.55 Å². The maximum Gasteiger partial charge on any atom is 0.295 e. The van der Waals surface area contributed by atoms with Crippen molar-refractivity contribution >= 4 is 57.2 Å². The summed E-state index contributed by atoms with van der Waals surface area (Å²) in [7, 11) is -4.27. The molecular formula is C25H38NaO4S. The van der Waals surface area contributed by atoms with E-state index in [1.165, 1.54) is 38.5 Å². The molecule has 0 unspecified atom stereocenters. The quantitative estimate of drug-likeness (QED) is 0.210. The first kappa shape index (κ1) is 30.3. The molecule has 0 aliphatic carbocycles. The van der Waals surface area contributed by atoms with E-state index in [9.17, 15) is 13.0 Å². The van der Waals surface area contributed by atoms with Crippen LogP contribution in [0.25, 0.3) is 10.8 Å². The van der Waals surface area contributed by atoms with Gasteiger partial charge in [-0.2, -0.15) is 8.42 Å². The molecule has 1 N–H and O–H groups in total. The summed E-state index contributed by atoms with van der Waals surface area (Å²) in [6, 6.07) is 9.66. The Labute approximate surface area is 211 Å². The van der Waals surface area contributed by atoms with E-state index in [4.69, 9.17) is 4.79 Å². The van der Waals surface area contributed by atoms with Crippen LogP contribution in [0.15, 0.2) is 35.2 Å². The second-order valence-electron chi connectivity index (χ2n) is 7.87. The summed E-state index contributed by atoms with van der Waals surface area (Å²) in [4.78, 5) is 8.14. The molecule has 2 rings (SSSR count). The topological polar surface area (TPSA) is 71.4 Å². The van der Waals surface area contributed by atoms with E-state index in [1.807, 2.05) is 31.1 Å². The van der Waals surface area contributed by atoms with Crippen LogP contribution >= 0.6 is 0 Å². The van der Waals surface area contributed by atoms with Crippen molar-refractivity contribution < 1.29 is 17.8 Å². The molecule has 0 heterocycles. The molecule has 0 atom stereocenters. The number of hydrogen-bond acceptors (Lipinski definition) is 3. The van der Waals surface area contributed by atoms with Crippen molar-refractivity contribution in [3.63, 3.8) is 0 Å². The predicted octanol–water partition coefficient (Wildman–Crippen LogP) is 6.55. The van der Waals surface area contributed by atoms with Crippen molar-refractivity contribution in [2.45, 2.75) is 95.8 Å². The Balaban J connectivity index is 0.00000291. The van der Waals surface area contributed by atoms with Crippen molar-refractivity contribution in [3.8, 4) is 0 Å². The first-order valence-electron chi connectivity index (χ1n) is 11.3. The summed E-state index contributed by atoms with van der Waals surface area (Å²) < 4.78 is 34.7. The molecule has 0 saturated carbocycles. The van der Waals surface area contributed by atoms with E-state index < -0.39 is 10.1 Å². The fourth-order valence-electron chi connectivity index (χ4n) is 4.03. The molecule has 0 bridgehead atoms. The number of unbranched alkanes of at least 4 members (excludes halogenated alkanes) is 8. The van der Waals surface area contributed by atoms with Gasteiger partial charge in [-0.15, -0.1) is 0 Å². The Kier molecular flexibility index (Phi) is 16.5. The van der Waals surface area contributed by atoms with Crippen molar-refractivity contribution in [1.82, 2.24) is 0 Å². The maximum absolute atomic E-state index is 12.3. The minimum absolute atomic E-state index is 0. The van der Waals surface area contributed by atoms with Gasteiger partial charge in [0.1, 0.15) is 11.7 Å².